The second-order valence-corrected chi connectivity index (χ2v) is 24.4. The Kier molecular flexibility index (Phi) is 22.3. The fourth-order valence-electron chi connectivity index (χ4n) is 12.7. The van der Waals surface area contributed by atoms with Crippen LogP contribution in [0.4, 0.5) is 0 Å². The van der Waals surface area contributed by atoms with Crippen molar-refractivity contribution in [3.63, 3.8) is 0 Å². The summed E-state index contributed by atoms with van der Waals surface area (Å²) in [6.07, 6.45) is 10.2. The normalized spacial score (nSPS) is 17.5. The molecular weight excluding hydrogens is 1230 g/mol. The third-order valence-corrected chi connectivity index (χ3v) is 18.0. The third kappa shape index (κ3) is 16.4. The van der Waals surface area contributed by atoms with Crippen molar-refractivity contribution in [2.75, 3.05) is 19.7 Å². The molecule has 2 aliphatic heterocycles. The first-order valence-electron chi connectivity index (χ1n) is 32.2. The molecule has 0 aliphatic carbocycles. The zero-order chi connectivity index (χ0) is 67.9. The Balaban J connectivity index is 0.925. The number of unbranched alkanes of at least 4 members (excludes halogenated alkanes) is 1. The van der Waals surface area contributed by atoms with Gasteiger partial charge in [-0.25, -0.2) is 14.8 Å². The van der Waals surface area contributed by atoms with Crippen LogP contribution in [0.3, 0.4) is 0 Å². The molecule has 0 unspecified atom stereocenters. The Morgan fingerprint density at radius 3 is 1.61 bits per heavy atom. The number of amides is 9. The van der Waals surface area contributed by atoms with Gasteiger partial charge in [0.2, 0.25) is 53.2 Å². The molecule has 9 amide bonds. The summed E-state index contributed by atoms with van der Waals surface area (Å²) in [5.41, 5.74) is 8.45. The van der Waals surface area contributed by atoms with Gasteiger partial charge in [0.1, 0.15) is 53.9 Å². The molecule has 504 valence electrons. The number of carbonyl (C=O) groups is 10. The summed E-state index contributed by atoms with van der Waals surface area (Å²) in [7, 11) is 0. The first-order valence-corrected chi connectivity index (χ1v) is 32.2. The molecular formula is C68H80N16O12. The van der Waals surface area contributed by atoms with Crippen LogP contribution in [0.25, 0.3) is 32.6 Å². The van der Waals surface area contributed by atoms with Gasteiger partial charge < -0.3 is 83.3 Å². The molecule has 0 radical (unpaired) electrons. The van der Waals surface area contributed by atoms with E-state index < -0.39 is 114 Å². The molecule has 10 rings (SSSR count). The molecule has 28 heteroatoms. The van der Waals surface area contributed by atoms with E-state index in [4.69, 9.17) is 5.73 Å². The number of aliphatic hydroxyl groups excluding tert-OH is 1. The van der Waals surface area contributed by atoms with Crippen molar-refractivity contribution >= 4 is 91.7 Å². The van der Waals surface area contributed by atoms with Crippen molar-refractivity contribution < 1.29 is 58.2 Å². The molecule has 8 aromatic rings. The highest BCUT2D eigenvalue weighted by atomic mass is 16.4. The maximum Gasteiger partial charge on any atom is 0.329 e. The lowest BCUT2D eigenvalue weighted by Crippen LogP contribution is -2.62. The van der Waals surface area contributed by atoms with Gasteiger partial charge in [-0.15, -0.1) is 0 Å². The molecule has 6 heterocycles. The van der Waals surface area contributed by atoms with Crippen LogP contribution in [0.1, 0.15) is 86.4 Å². The number of hydrogen-bond acceptors (Lipinski definition) is 14. The molecule has 2 aliphatic rings. The number of para-hydroxylation sites is 2. The number of aromatic amines is 4. The number of rotatable bonds is 32. The largest absolute Gasteiger partial charge is 0.479 e. The van der Waals surface area contributed by atoms with Crippen LogP contribution in [0.15, 0.2) is 128 Å². The topological polar surface area (TPSA) is 426 Å². The number of nitrogens with two attached hydrogens (primary N) is 1. The Bertz CT molecular complexity index is 4090. The number of fused-ring (bicyclic) bond motifs is 3. The van der Waals surface area contributed by atoms with E-state index in [0.29, 0.717) is 59.3 Å². The molecule has 2 fully saturated rings. The van der Waals surface area contributed by atoms with Crippen LogP contribution in [-0.4, -0.2) is 178 Å². The minimum atomic E-state index is -1.78. The molecule has 9 atom stereocenters. The van der Waals surface area contributed by atoms with Crippen molar-refractivity contribution in [1.29, 1.82) is 0 Å². The number of likely N-dealkylation sites (tertiary alicyclic amines) is 1. The summed E-state index contributed by atoms with van der Waals surface area (Å²) in [5.74, 6) is -8.04. The first kappa shape index (κ1) is 68.1. The Morgan fingerprint density at radius 2 is 1.10 bits per heavy atom. The van der Waals surface area contributed by atoms with Crippen LogP contribution in [0, 0.1) is 0 Å². The summed E-state index contributed by atoms with van der Waals surface area (Å²) in [6, 6.07) is 16.4. The predicted molar refractivity (Wildman–Crippen MR) is 353 cm³/mol. The van der Waals surface area contributed by atoms with E-state index in [2.05, 4.69) is 72.4 Å². The van der Waals surface area contributed by atoms with Crippen molar-refractivity contribution in [1.82, 2.24) is 77.3 Å². The molecule has 0 spiro atoms. The van der Waals surface area contributed by atoms with Crippen molar-refractivity contribution in [2.45, 2.75) is 144 Å². The van der Waals surface area contributed by atoms with Gasteiger partial charge in [-0.1, -0.05) is 85.8 Å². The summed E-state index contributed by atoms with van der Waals surface area (Å²) in [4.78, 5) is 164. The Labute approximate surface area is 551 Å². The lowest BCUT2D eigenvalue weighted by molar-refractivity contribution is -0.158. The fraction of sp³-hybridized carbons (Fsp3) is 0.382. The van der Waals surface area contributed by atoms with Crippen LogP contribution in [0.5, 0.6) is 0 Å². The quantitative estimate of drug-likeness (QED) is 0.0265. The highest BCUT2D eigenvalue weighted by molar-refractivity contribution is 6.00. The number of aliphatic carboxylic acids is 1. The SMILES string of the molecule is CC[C@@]1(C(=O)O)CCCN1C(=O)[C@H](CCCCN)NC(=O)[C@H](Cc1c[nH]c2ccccc12)NC(=O)[C@@H](Cc1ccc2ccccc2c1)NC(=O)[C@H](Cc1cnc[nH]1)NC(=O)[C@H](CO)NC(=O)[C@H](Cc1c[nH]c2ccccc12)NC(=O)[C@H](Cc1cnc[nH]1)NC(=O)[C@@H]1CCC(=O)N1. The molecule has 0 saturated carbocycles. The van der Waals surface area contributed by atoms with E-state index in [1.807, 2.05) is 78.9 Å². The van der Waals surface area contributed by atoms with Gasteiger partial charge in [0.15, 0.2) is 0 Å². The molecule has 0 bridgehead atoms. The van der Waals surface area contributed by atoms with Crippen LogP contribution < -0.4 is 48.3 Å². The van der Waals surface area contributed by atoms with Crippen molar-refractivity contribution in [3.05, 3.63) is 157 Å². The van der Waals surface area contributed by atoms with E-state index >= 15 is 14.4 Å². The smallest absolute Gasteiger partial charge is 0.329 e. The number of hydrogen-bond donors (Lipinski definition) is 15. The number of aromatic nitrogens is 6. The van der Waals surface area contributed by atoms with E-state index in [1.165, 1.54) is 29.9 Å². The summed E-state index contributed by atoms with van der Waals surface area (Å²) < 4.78 is 0. The van der Waals surface area contributed by atoms with E-state index in [-0.39, 0.29) is 76.7 Å². The highest BCUT2D eigenvalue weighted by Gasteiger charge is 2.50. The number of carbonyl (C=O) groups excluding carboxylic acids is 9. The van der Waals surface area contributed by atoms with Gasteiger partial charge in [-0.3, -0.25) is 43.2 Å². The molecule has 96 heavy (non-hydrogen) atoms. The summed E-state index contributed by atoms with van der Waals surface area (Å²) >= 11 is 0. The van der Waals surface area contributed by atoms with Crippen molar-refractivity contribution in [3.8, 4) is 0 Å². The van der Waals surface area contributed by atoms with Crippen molar-refractivity contribution in [2.24, 2.45) is 5.73 Å². The number of imidazole rings is 2. The molecule has 28 nitrogen and oxygen atoms in total. The standard InChI is InChI=1S/C68H80N16O12/c1-2-68(67(95)96)23-11-25-84(68)66(94)51(18-9-10-24-69)77-61(89)53(28-42-32-72-48-16-7-5-14-46(42)48)79-60(88)52(27-39-19-20-40-12-3-4-13-41(40)26-39)78-63(91)56(31-45-35-71-38-75-45)82-65(93)57(36-85)83-62(90)54(29-43-33-73-49-17-8-6-15-47(43)49)80-64(92)55(30-44-34-70-37-74-44)81-59(87)50-21-22-58(86)76-50/h3-8,12-17,19-20,26,32-35,37-38,50-57,72-73,85H,2,9-11,18,21-25,27-31,36,69H2,1H3,(H,70,74)(H,71,75)(H,76,86)(H,77,89)(H,78,91)(H,79,88)(H,80,92)(H,81,87)(H,82,93)(H,83,90)(H,95,96)/t50-,51-,52+,53-,54-,55-,56-,57-,68-/m0/s1. The Morgan fingerprint density at radius 1 is 0.604 bits per heavy atom. The van der Waals surface area contributed by atoms with Gasteiger partial charge in [-0.2, -0.15) is 0 Å². The molecule has 2 saturated heterocycles. The number of H-pyrrole nitrogens is 4. The number of carboxylic acids is 1. The average Bonchev–Trinajstić information content (AvgIpc) is 1.61. The highest BCUT2D eigenvalue weighted by Crippen LogP contribution is 2.34. The summed E-state index contributed by atoms with van der Waals surface area (Å²) in [6.45, 7) is 1.13. The summed E-state index contributed by atoms with van der Waals surface area (Å²) in [5, 5.41) is 46.5. The first-order chi connectivity index (χ1) is 46.4. The van der Waals surface area contributed by atoms with Crippen LogP contribution in [0.2, 0.25) is 0 Å². The maximum atomic E-state index is 15.4. The average molecular weight is 1310 g/mol. The zero-order valence-electron chi connectivity index (χ0n) is 53.0. The van der Waals surface area contributed by atoms with E-state index in [9.17, 15) is 43.8 Å². The van der Waals surface area contributed by atoms with Gasteiger partial charge in [0.05, 0.1) is 19.3 Å². The predicted octanol–water partition coefficient (Wildman–Crippen LogP) is 1.41. The lowest BCUT2D eigenvalue weighted by Gasteiger charge is -2.36. The molecule has 4 aromatic carbocycles. The maximum absolute atomic E-state index is 15.4. The molecule has 16 N–H and O–H groups in total. The number of carboxylic acid groups (broad SMARTS) is 1. The number of nitrogens with one attached hydrogen (secondary N) is 12. The van der Waals surface area contributed by atoms with Crippen LogP contribution >= 0.6 is 0 Å². The lowest BCUT2D eigenvalue weighted by atomic mass is 9.92. The van der Waals surface area contributed by atoms with E-state index in [0.717, 1.165) is 27.2 Å². The monoisotopic (exact) mass is 1310 g/mol. The van der Waals surface area contributed by atoms with Gasteiger partial charge >= 0.3 is 5.97 Å². The van der Waals surface area contributed by atoms with E-state index in [1.54, 1.807) is 31.5 Å². The van der Waals surface area contributed by atoms with Crippen LogP contribution in [-0.2, 0) is 80.0 Å². The third-order valence-electron chi connectivity index (χ3n) is 18.0. The number of nitrogens with zero attached hydrogens (tertiary/aromatic N) is 3. The van der Waals surface area contributed by atoms with Gasteiger partial charge in [-0.05, 0) is 91.1 Å². The van der Waals surface area contributed by atoms with Gasteiger partial charge in [0, 0.05) is 103 Å². The molecule has 4 aromatic heterocycles. The second kappa shape index (κ2) is 31.5. The Hall–Kier alpha value is -10.7. The zero-order valence-corrected chi connectivity index (χ0v) is 53.0. The number of aliphatic hydroxyl groups is 1. The minimum Gasteiger partial charge on any atom is -0.479 e. The number of benzene rings is 4. The second-order valence-electron chi connectivity index (χ2n) is 24.4. The fourth-order valence-corrected chi connectivity index (χ4v) is 12.7. The minimum absolute atomic E-state index is 0.108. The van der Waals surface area contributed by atoms with Gasteiger partial charge in [0.25, 0.3) is 0 Å².